The van der Waals surface area contributed by atoms with Gasteiger partial charge in [0.15, 0.2) is 0 Å². The molecule has 19 heavy (non-hydrogen) atoms. The van der Waals surface area contributed by atoms with Gasteiger partial charge < -0.3 is 4.90 Å². The van der Waals surface area contributed by atoms with Crippen molar-refractivity contribution in [2.24, 2.45) is 0 Å². The molecule has 0 radical (unpaired) electrons. The van der Waals surface area contributed by atoms with Crippen molar-refractivity contribution in [3.05, 3.63) is 24.3 Å². The lowest BCUT2D eigenvalue weighted by Crippen LogP contribution is -2.30. The maximum atomic E-state index is 12.4. The second-order valence-electron chi connectivity index (χ2n) is 4.44. The number of benzene rings is 1. The van der Waals surface area contributed by atoms with Crippen molar-refractivity contribution < 1.29 is 17.2 Å². The minimum Gasteiger partial charge on any atom is -0.368 e. The first-order valence-corrected chi connectivity index (χ1v) is 8.58. The zero-order chi connectivity index (χ0) is 14.0. The lowest BCUT2D eigenvalue weighted by Gasteiger charge is -2.25. The molecule has 0 aromatic heterocycles. The quantitative estimate of drug-likeness (QED) is 0.780. The van der Waals surface area contributed by atoms with E-state index in [1.807, 2.05) is 0 Å². The van der Waals surface area contributed by atoms with E-state index in [4.69, 9.17) is 0 Å². The molecular weight excluding hydrogens is 340 g/mol. The molecule has 2 rings (SSSR count). The van der Waals surface area contributed by atoms with Crippen molar-refractivity contribution in [3.63, 3.8) is 0 Å². The summed E-state index contributed by atoms with van der Waals surface area (Å²) in [6, 6.07) is 6.06. The fourth-order valence-corrected chi connectivity index (χ4v) is 3.66. The van der Waals surface area contributed by atoms with Crippen LogP contribution in [0.4, 0.5) is 14.5 Å². The van der Waals surface area contributed by atoms with Gasteiger partial charge in [0.25, 0.3) is 0 Å². The van der Waals surface area contributed by atoms with Crippen molar-refractivity contribution in [1.82, 2.24) is 0 Å². The van der Waals surface area contributed by atoms with Gasteiger partial charge in [0, 0.05) is 23.6 Å². The molecule has 1 heterocycles. The summed E-state index contributed by atoms with van der Waals surface area (Å²) in [5.41, 5.74) is 0.871. The van der Waals surface area contributed by atoms with Crippen LogP contribution >= 0.6 is 15.9 Å². The molecule has 0 spiro atoms. The highest BCUT2D eigenvalue weighted by molar-refractivity contribution is 9.09. The van der Waals surface area contributed by atoms with Crippen LogP contribution in [-0.4, -0.2) is 32.1 Å². The Kier molecular flexibility index (Phi) is 4.45. The number of hydrogen-bond acceptors (Lipinski definition) is 3. The molecule has 1 atom stereocenters. The van der Waals surface area contributed by atoms with Gasteiger partial charge in [-0.25, -0.2) is 8.42 Å². The lowest BCUT2D eigenvalue weighted by atomic mass is 10.2. The molecule has 0 aliphatic carbocycles. The van der Waals surface area contributed by atoms with Crippen LogP contribution in [0.15, 0.2) is 29.2 Å². The molecule has 3 nitrogen and oxygen atoms in total. The van der Waals surface area contributed by atoms with Gasteiger partial charge >= 0.3 is 5.76 Å². The van der Waals surface area contributed by atoms with Gasteiger partial charge in [-0.2, -0.15) is 8.78 Å². The van der Waals surface area contributed by atoms with E-state index in [-0.39, 0.29) is 4.90 Å². The van der Waals surface area contributed by atoms with Crippen LogP contribution in [-0.2, 0) is 9.84 Å². The van der Waals surface area contributed by atoms with E-state index in [0.29, 0.717) is 6.04 Å². The third-order valence-corrected chi connectivity index (χ3v) is 5.43. The fraction of sp³-hybridized carbons (Fsp3) is 0.500. The normalized spacial score (nSPS) is 20.2. The SMILES string of the molecule is O=S(=O)(c1ccc(N2CCCC2CBr)cc1)C(F)F. The van der Waals surface area contributed by atoms with E-state index in [1.165, 1.54) is 12.1 Å². The molecule has 1 aliphatic heterocycles. The Balaban J connectivity index is 2.24. The van der Waals surface area contributed by atoms with Crippen molar-refractivity contribution >= 4 is 31.5 Å². The molecule has 1 aromatic carbocycles. The Morgan fingerprint density at radius 3 is 2.47 bits per heavy atom. The van der Waals surface area contributed by atoms with Crippen LogP contribution in [0.1, 0.15) is 12.8 Å². The summed E-state index contributed by atoms with van der Waals surface area (Å²) in [4.78, 5) is 1.83. The maximum Gasteiger partial charge on any atom is 0.341 e. The van der Waals surface area contributed by atoms with Crippen LogP contribution in [0.25, 0.3) is 0 Å². The van der Waals surface area contributed by atoms with Crippen LogP contribution < -0.4 is 4.90 Å². The maximum absolute atomic E-state index is 12.4. The second-order valence-corrected chi connectivity index (χ2v) is 7.01. The monoisotopic (exact) mass is 353 g/mol. The van der Waals surface area contributed by atoms with Gasteiger partial charge in [-0.15, -0.1) is 0 Å². The number of alkyl halides is 3. The second kappa shape index (κ2) is 5.75. The number of sulfone groups is 1. The predicted molar refractivity (Wildman–Crippen MR) is 73.8 cm³/mol. The lowest BCUT2D eigenvalue weighted by molar-refractivity contribution is 0.234. The fourth-order valence-electron chi connectivity index (χ4n) is 2.27. The first kappa shape index (κ1) is 14.7. The average Bonchev–Trinajstić information content (AvgIpc) is 2.87. The molecular formula is C12H14BrF2NO2S. The highest BCUT2D eigenvalue weighted by Crippen LogP contribution is 2.28. The van der Waals surface area contributed by atoms with Gasteiger partial charge in [-0.3, -0.25) is 0 Å². The molecule has 0 amide bonds. The van der Waals surface area contributed by atoms with Crippen LogP contribution in [0.5, 0.6) is 0 Å². The Morgan fingerprint density at radius 1 is 1.32 bits per heavy atom. The molecule has 0 N–H and O–H groups in total. The Bertz CT molecular complexity index is 533. The summed E-state index contributed by atoms with van der Waals surface area (Å²) in [5, 5.41) is 0.837. The number of halogens is 3. The van der Waals surface area contributed by atoms with E-state index in [1.54, 1.807) is 12.1 Å². The first-order valence-electron chi connectivity index (χ1n) is 5.91. The Labute approximate surface area is 119 Å². The van der Waals surface area contributed by atoms with Gasteiger partial charge in [0.1, 0.15) is 0 Å². The van der Waals surface area contributed by atoms with Gasteiger partial charge in [-0.05, 0) is 37.1 Å². The zero-order valence-electron chi connectivity index (χ0n) is 10.1. The molecule has 0 bridgehead atoms. The molecule has 1 fully saturated rings. The van der Waals surface area contributed by atoms with E-state index < -0.39 is 15.6 Å². The molecule has 1 unspecified atom stereocenters. The molecule has 1 aromatic rings. The summed E-state index contributed by atoms with van der Waals surface area (Å²) in [6.45, 7) is 0.900. The summed E-state index contributed by atoms with van der Waals surface area (Å²) in [6.07, 6.45) is 2.15. The average molecular weight is 354 g/mol. The summed E-state index contributed by atoms with van der Waals surface area (Å²) >= 11 is 3.44. The number of nitrogens with zero attached hydrogens (tertiary/aromatic N) is 1. The van der Waals surface area contributed by atoms with Gasteiger partial charge in [0.05, 0.1) is 4.90 Å². The van der Waals surface area contributed by atoms with Crippen molar-refractivity contribution in [2.45, 2.75) is 29.5 Å². The largest absolute Gasteiger partial charge is 0.368 e. The van der Waals surface area contributed by atoms with Gasteiger partial charge in [0.2, 0.25) is 9.84 Å². The number of rotatable bonds is 4. The van der Waals surface area contributed by atoms with Crippen molar-refractivity contribution in [3.8, 4) is 0 Å². The van der Waals surface area contributed by atoms with Crippen LogP contribution in [0, 0.1) is 0 Å². The smallest absolute Gasteiger partial charge is 0.341 e. The highest BCUT2D eigenvalue weighted by atomic mass is 79.9. The summed E-state index contributed by atoms with van der Waals surface area (Å²) < 4.78 is 47.5. The molecule has 1 saturated heterocycles. The standard InChI is InChI=1S/C12H14BrF2NO2S/c13-8-10-2-1-7-16(10)9-3-5-11(6-4-9)19(17,18)12(14)15/h3-6,10,12H,1-2,7-8H2. The Morgan fingerprint density at radius 2 is 1.95 bits per heavy atom. The van der Waals surface area contributed by atoms with E-state index in [0.717, 1.165) is 30.4 Å². The minimum atomic E-state index is -4.50. The van der Waals surface area contributed by atoms with E-state index in [2.05, 4.69) is 20.8 Å². The third-order valence-electron chi connectivity index (χ3n) is 3.29. The predicted octanol–water partition coefficient (Wildman–Crippen LogP) is 3.05. The topological polar surface area (TPSA) is 37.4 Å². The van der Waals surface area contributed by atoms with E-state index >= 15 is 0 Å². The highest BCUT2D eigenvalue weighted by Gasteiger charge is 2.27. The zero-order valence-corrected chi connectivity index (χ0v) is 12.5. The van der Waals surface area contributed by atoms with Crippen LogP contribution in [0.2, 0.25) is 0 Å². The summed E-state index contributed by atoms with van der Waals surface area (Å²) in [5.74, 6) is -3.37. The third kappa shape index (κ3) is 2.91. The van der Waals surface area contributed by atoms with Gasteiger partial charge in [-0.1, -0.05) is 15.9 Å². The first-order chi connectivity index (χ1) is 8.96. The number of hydrogen-bond donors (Lipinski definition) is 0. The molecule has 106 valence electrons. The molecule has 0 saturated carbocycles. The van der Waals surface area contributed by atoms with Crippen molar-refractivity contribution in [1.29, 1.82) is 0 Å². The summed E-state index contributed by atoms with van der Waals surface area (Å²) in [7, 11) is -4.50. The number of anilines is 1. The van der Waals surface area contributed by atoms with Crippen LogP contribution in [0.3, 0.4) is 0 Å². The minimum absolute atomic E-state index is 0.333. The molecule has 7 heteroatoms. The van der Waals surface area contributed by atoms with Crippen molar-refractivity contribution in [2.75, 3.05) is 16.8 Å². The molecule has 1 aliphatic rings. The Hall–Kier alpha value is -0.690. The van der Waals surface area contributed by atoms with E-state index in [9.17, 15) is 17.2 Å².